The molecule has 0 bridgehead atoms. The molecular weight excluding hydrogens is 406 g/mol. The smallest absolute Gasteiger partial charge is 0.277 e. The second-order valence-electron chi connectivity index (χ2n) is 8.70. The van der Waals surface area contributed by atoms with Gasteiger partial charge in [-0.1, -0.05) is 30.3 Å². The van der Waals surface area contributed by atoms with Crippen LogP contribution in [0.1, 0.15) is 54.7 Å². The molecule has 8 heteroatoms. The summed E-state index contributed by atoms with van der Waals surface area (Å²) >= 11 is 0. The lowest BCUT2D eigenvalue weighted by Gasteiger charge is -2.35. The first kappa shape index (κ1) is 20.5. The van der Waals surface area contributed by atoms with Crippen molar-refractivity contribution in [2.75, 3.05) is 13.1 Å². The highest BCUT2D eigenvalue weighted by Crippen LogP contribution is 2.31. The molecule has 1 aromatic carbocycles. The van der Waals surface area contributed by atoms with E-state index in [-0.39, 0.29) is 23.4 Å². The lowest BCUT2D eigenvalue weighted by Crippen LogP contribution is -2.40. The standard InChI is InChI=1S/C24H27N5O3/c1-16(30)27-12-10-19-18(15-27)24(32)29-22(25-19)14-20(26-29)21-9-5-6-11-28(21)23(31)13-17-7-3-2-4-8-17/h2-4,7-8,14,21,26H,5-6,9-13,15H2,1H3/t21-/m0/s1. The number of aromatic amines is 1. The number of fused-ring (bicyclic) bond motifs is 2. The van der Waals surface area contributed by atoms with Crippen molar-refractivity contribution in [3.63, 3.8) is 0 Å². The minimum absolute atomic E-state index is 0.0397. The zero-order valence-electron chi connectivity index (χ0n) is 18.2. The van der Waals surface area contributed by atoms with Crippen LogP contribution in [0.4, 0.5) is 0 Å². The monoisotopic (exact) mass is 433 g/mol. The fourth-order valence-electron chi connectivity index (χ4n) is 4.86. The topological polar surface area (TPSA) is 90.8 Å². The van der Waals surface area contributed by atoms with Crippen molar-refractivity contribution in [2.24, 2.45) is 0 Å². The normalized spacial score (nSPS) is 18.6. The lowest BCUT2D eigenvalue weighted by molar-refractivity contribution is -0.134. The quantitative estimate of drug-likeness (QED) is 0.686. The van der Waals surface area contributed by atoms with E-state index in [2.05, 4.69) is 5.10 Å². The number of piperidine rings is 1. The van der Waals surface area contributed by atoms with Gasteiger partial charge in [0.2, 0.25) is 11.8 Å². The maximum Gasteiger partial charge on any atom is 0.277 e. The van der Waals surface area contributed by atoms with E-state index in [0.717, 1.165) is 36.2 Å². The molecule has 0 aliphatic carbocycles. The third-order valence-electron chi connectivity index (χ3n) is 6.61. The van der Waals surface area contributed by atoms with Crippen LogP contribution in [0, 0.1) is 0 Å². The largest absolute Gasteiger partial charge is 0.338 e. The molecule has 2 aliphatic heterocycles. The van der Waals surface area contributed by atoms with E-state index in [1.165, 1.54) is 11.4 Å². The van der Waals surface area contributed by atoms with Gasteiger partial charge >= 0.3 is 0 Å². The van der Waals surface area contributed by atoms with Crippen molar-refractivity contribution in [3.05, 3.63) is 69.3 Å². The molecule has 0 spiro atoms. The van der Waals surface area contributed by atoms with Gasteiger partial charge in [-0.15, -0.1) is 0 Å². The van der Waals surface area contributed by atoms with Crippen LogP contribution in [0.15, 0.2) is 41.2 Å². The fourth-order valence-corrected chi connectivity index (χ4v) is 4.86. The summed E-state index contributed by atoms with van der Waals surface area (Å²) in [7, 11) is 0. The number of amides is 2. The van der Waals surface area contributed by atoms with Gasteiger partial charge in [-0.2, -0.15) is 0 Å². The Labute approximate surface area is 185 Å². The minimum atomic E-state index is -0.167. The molecule has 32 heavy (non-hydrogen) atoms. The van der Waals surface area contributed by atoms with Gasteiger partial charge in [0, 0.05) is 32.5 Å². The van der Waals surface area contributed by atoms with E-state index >= 15 is 0 Å². The third-order valence-corrected chi connectivity index (χ3v) is 6.61. The summed E-state index contributed by atoms with van der Waals surface area (Å²) < 4.78 is 1.46. The summed E-state index contributed by atoms with van der Waals surface area (Å²) in [5.74, 6) is 0.0540. The van der Waals surface area contributed by atoms with Crippen molar-refractivity contribution in [1.29, 1.82) is 0 Å². The first-order valence-electron chi connectivity index (χ1n) is 11.2. The van der Waals surface area contributed by atoms with Gasteiger partial charge in [-0.05, 0) is 24.8 Å². The molecule has 0 saturated carbocycles. The first-order valence-corrected chi connectivity index (χ1v) is 11.2. The summed E-state index contributed by atoms with van der Waals surface area (Å²) in [6.45, 7) is 3.09. The highest BCUT2D eigenvalue weighted by Gasteiger charge is 2.30. The number of nitrogens with zero attached hydrogens (tertiary/aromatic N) is 4. The van der Waals surface area contributed by atoms with Crippen molar-refractivity contribution >= 4 is 17.5 Å². The van der Waals surface area contributed by atoms with Gasteiger partial charge in [0.25, 0.3) is 5.56 Å². The summed E-state index contributed by atoms with van der Waals surface area (Å²) in [6, 6.07) is 11.6. The molecule has 1 fully saturated rings. The first-order chi connectivity index (χ1) is 15.5. The molecule has 2 aromatic heterocycles. The number of hydrogen-bond donors (Lipinski definition) is 1. The molecule has 0 radical (unpaired) electrons. The van der Waals surface area contributed by atoms with E-state index < -0.39 is 0 Å². The molecule has 8 nitrogen and oxygen atoms in total. The Morgan fingerprint density at radius 1 is 1.16 bits per heavy atom. The van der Waals surface area contributed by atoms with Gasteiger partial charge in [0.1, 0.15) is 0 Å². The van der Waals surface area contributed by atoms with Crippen molar-refractivity contribution in [2.45, 2.75) is 51.6 Å². The Bertz CT molecular complexity index is 1230. The molecular formula is C24H27N5O3. The van der Waals surface area contributed by atoms with Crippen LogP contribution in [0.2, 0.25) is 0 Å². The zero-order chi connectivity index (χ0) is 22.2. The molecule has 5 rings (SSSR count). The van der Waals surface area contributed by atoms with Crippen LogP contribution in [-0.4, -0.2) is 49.3 Å². The molecule has 2 amide bonds. The van der Waals surface area contributed by atoms with Crippen LogP contribution in [-0.2, 0) is 29.0 Å². The van der Waals surface area contributed by atoms with Gasteiger partial charge in [0.05, 0.1) is 36.0 Å². The number of nitrogens with one attached hydrogen (secondary N) is 1. The number of aromatic nitrogens is 3. The number of carbonyl (C=O) groups is 2. The summed E-state index contributed by atoms with van der Waals surface area (Å²) in [4.78, 5) is 46.4. The van der Waals surface area contributed by atoms with Crippen LogP contribution >= 0.6 is 0 Å². The SMILES string of the molecule is CC(=O)N1CCc2nc3cc([C@@H]4CCCCN4C(=O)Cc4ccccc4)[nH]n3c(=O)c2C1. The highest BCUT2D eigenvalue weighted by molar-refractivity contribution is 5.79. The zero-order valence-corrected chi connectivity index (χ0v) is 18.2. The molecule has 3 aromatic rings. The Morgan fingerprint density at radius 2 is 1.97 bits per heavy atom. The molecule has 166 valence electrons. The van der Waals surface area contributed by atoms with E-state index in [9.17, 15) is 14.4 Å². The van der Waals surface area contributed by atoms with Crippen molar-refractivity contribution < 1.29 is 9.59 Å². The number of carbonyl (C=O) groups excluding carboxylic acids is 2. The second kappa shape index (κ2) is 8.26. The third kappa shape index (κ3) is 3.70. The van der Waals surface area contributed by atoms with Gasteiger partial charge < -0.3 is 9.80 Å². The van der Waals surface area contributed by atoms with E-state index in [1.54, 1.807) is 4.90 Å². The maximum absolute atomic E-state index is 13.2. The van der Waals surface area contributed by atoms with Gasteiger partial charge in [-0.25, -0.2) is 9.50 Å². The van der Waals surface area contributed by atoms with E-state index in [1.807, 2.05) is 41.3 Å². The van der Waals surface area contributed by atoms with Crippen LogP contribution < -0.4 is 5.56 Å². The summed E-state index contributed by atoms with van der Waals surface area (Å²) in [5, 5.41) is 3.22. The number of likely N-dealkylation sites (tertiary alicyclic amines) is 1. The number of hydrogen-bond acceptors (Lipinski definition) is 4. The van der Waals surface area contributed by atoms with Gasteiger partial charge in [-0.3, -0.25) is 19.5 Å². The number of H-pyrrole nitrogens is 1. The van der Waals surface area contributed by atoms with Crippen LogP contribution in [0.5, 0.6) is 0 Å². The Hall–Kier alpha value is -3.42. The van der Waals surface area contributed by atoms with Crippen LogP contribution in [0.25, 0.3) is 5.65 Å². The molecule has 1 N–H and O–H groups in total. The molecule has 2 aliphatic rings. The number of benzene rings is 1. The molecule has 1 atom stereocenters. The Kier molecular flexibility index (Phi) is 5.28. The predicted octanol–water partition coefficient (Wildman–Crippen LogP) is 2.22. The predicted molar refractivity (Wildman–Crippen MR) is 119 cm³/mol. The molecule has 4 heterocycles. The molecule has 0 unspecified atom stereocenters. The second-order valence-corrected chi connectivity index (χ2v) is 8.70. The van der Waals surface area contributed by atoms with Crippen molar-refractivity contribution in [1.82, 2.24) is 24.4 Å². The Balaban J connectivity index is 1.46. The Morgan fingerprint density at radius 3 is 2.75 bits per heavy atom. The average molecular weight is 434 g/mol. The summed E-state index contributed by atoms with van der Waals surface area (Å²) in [6.07, 6.45) is 3.79. The minimum Gasteiger partial charge on any atom is -0.338 e. The average Bonchev–Trinajstić information content (AvgIpc) is 3.24. The van der Waals surface area contributed by atoms with E-state index in [4.69, 9.17) is 4.98 Å². The summed E-state index contributed by atoms with van der Waals surface area (Å²) in [5.41, 5.74) is 3.57. The van der Waals surface area contributed by atoms with E-state index in [0.29, 0.717) is 43.7 Å². The lowest BCUT2D eigenvalue weighted by atomic mass is 9.98. The maximum atomic E-state index is 13.2. The fraction of sp³-hybridized carbons (Fsp3) is 0.417. The van der Waals surface area contributed by atoms with Crippen molar-refractivity contribution in [3.8, 4) is 0 Å². The van der Waals surface area contributed by atoms with Gasteiger partial charge in [0.15, 0.2) is 5.65 Å². The van der Waals surface area contributed by atoms with Crippen LogP contribution in [0.3, 0.4) is 0 Å². The highest BCUT2D eigenvalue weighted by atomic mass is 16.2. The number of rotatable bonds is 3. The molecule has 1 saturated heterocycles.